The van der Waals surface area contributed by atoms with Gasteiger partial charge in [-0.25, -0.2) is 4.57 Å². The second-order valence-electron chi connectivity index (χ2n) is 12.2. The number of phosphoric ester groups is 1. The van der Waals surface area contributed by atoms with Crippen molar-refractivity contribution in [2.45, 2.75) is 110 Å². The van der Waals surface area contributed by atoms with Gasteiger partial charge >= 0.3 is 7.82 Å². The quantitative estimate of drug-likeness (QED) is 0.0672. The standard InChI is InChI=1S/C32H58NO6P/c1-6-8-9-10-11-12-13-14-15-16-17-23-37-32-21-18-20-29(27-32)25-30(26-31(34)7-2)28-39-40(35,36)38-24-19-22-33(3,4)5/h18,20-21,27,30H,6-17,19,22-26,28H2,1-5H3/p+1. The molecule has 1 rings (SSSR count). The van der Waals surface area contributed by atoms with Crippen LogP contribution in [-0.4, -0.2) is 62.7 Å². The maximum absolute atomic E-state index is 12.4. The molecule has 0 aliphatic heterocycles. The van der Waals surface area contributed by atoms with Crippen molar-refractivity contribution in [1.82, 2.24) is 0 Å². The third kappa shape index (κ3) is 20.6. The number of quaternary nitrogens is 1. The summed E-state index contributed by atoms with van der Waals surface area (Å²) in [6, 6.07) is 7.91. The van der Waals surface area contributed by atoms with Gasteiger partial charge in [0, 0.05) is 19.3 Å². The Balaban J connectivity index is 2.42. The van der Waals surface area contributed by atoms with Crippen LogP contribution < -0.4 is 4.74 Å². The largest absolute Gasteiger partial charge is 0.494 e. The summed E-state index contributed by atoms with van der Waals surface area (Å²) in [7, 11) is 2.00. The van der Waals surface area contributed by atoms with E-state index in [1.165, 1.54) is 64.2 Å². The van der Waals surface area contributed by atoms with Crippen molar-refractivity contribution >= 4 is 13.6 Å². The summed E-state index contributed by atoms with van der Waals surface area (Å²) in [5.74, 6) is 0.707. The lowest BCUT2D eigenvalue weighted by Crippen LogP contribution is -2.35. The van der Waals surface area contributed by atoms with Gasteiger partial charge in [0.25, 0.3) is 0 Å². The van der Waals surface area contributed by atoms with Crippen LogP contribution in [-0.2, 0) is 24.8 Å². The lowest BCUT2D eigenvalue weighted by Gasteiger charge is -2.24. The Morgan fingerprint density at radius 3 is 2.10 bits per heavy atom. The molecule has 232 valence electrons. The summed E-state index contributed by atoms with van der Waals surface area (Å²) in [6.07, 6.45) is 16.3. The monoisotopic (exact) mass is 584 g/mol. The van der Waals surface area contributed by atoms with E-state index in [9.17, 15) is 14.3 Å². The number of nitrogens with zero attached hydrogens (tertiary/aromatic N) is 1. The van der Waals surface area contributed by atoms with Gasteiger partial charge in [0.1, 0.15) is 11.5 Å². The maximum atomic E-state index is 12.4. The summed E-state index contributed by atoms with van der Waals surface area (Å²) in [5.41, 5.74) is 1.02. The van der Waals surface area contributed by atoms with Gasteiger partial charge in [-0.15, -0.1) is 0 Å². The molecule has 0 aliphatic rings. The molecule has 1 aromatic carbocycles. The molecule has 0 fully saturated rings. The maximum Gasteiger partial charge on any atom is 0.472 e. The van der Waals surface area contributed by atoms with Gasteiger partial charge in [-0.3, -0.25) is 13.8 Å². The molecule has 2 unspecified atom stereocenters. The number of benzene rings is 1. The van der Waals surface area contributed by atoms with E-state index in [0.717, 1.165) is 28.8 Å². The van der Waals surface area contributed by atoms with Crippen LogP contribution in [0, 0.1) is 5.92 Å². The first-order valence-electron chi connectivity index (χ1n) is 15.7. The van der Waals surface area contributed by atoms with Crippen LogP contribution in [0.1, 0.15) is 109 Å². The van der Waals surface area contributed by atoms with Crippen molar-refractivity contribution in [3.63, 3.8) is 0 Å². The number of hydrogen-bond acceptors (Lipinski definition) is 5. The average Bonchev–Trinajstić information content (AvgIpc) is 2.90. The molecule has 0 spiro atoms. The molecule has 0 aliphatic carbocycles. The van der Waals surface area contributed by atoms with Crippen molar-refractivity contribution in [1.29, 1.82) is 0 Å². The molecular weight excluding hydrogens is 525 g/mol. The third-order valence-corrected chi connectivity index (χ3v) is 8.04. The fourth-order valence-corrected chi connectivity index (χ4v) is 5.50. The zero-order valence-corrected chi connectivity index (χ0v) is 27.1. The molecule has 1 aromatic rings. The lowest BCUT2D eigenvalue weighted by molar-refractivity contribution is -0.870. The number of carbonyl (C=O) groups is 1. The van der Waals surface area contributed by atoms with Crippen molar-refractivity contribution in [2.75, 3.05) is 47.5 Å². The predicted molar refractivity (Wildman–Crippen MR) is 165 cm³/mol. The van der Waals surface area contributed by atoms with Crippen LogP contribution in [0.4, 0.5) is 0 Å². The molecule has 8 heteroatoms. The fourth-order valence-electron chi connectivity index (χ4n) is 4.66. The molecule has 7 nitrogen and oxygen atoms in total. The van der Waals surface area contributed by atoms with Gasteiger partial charge in [0.2, 0.25) is 0 Å². The van der Waals surface area contributed by atoms with Crippen LogP contribution in [0.3, 0.4) is 0 Å². The Kier molecular flexibility index (Phi) is 19.7. The van der Waals surface area contributed by atoms with E-state index >= 15 is 0 Å². The number of ketones is 1. The van der Waals surface area contributed by atoms with Gasteiger partial charge in [0.15, 0.2) is 0 Å². The third-order valence-electron chi connectivity index (χ3n) is 7.05. The van der Waals surface area contributed by atoms with Crippen molar-refractivity contribution < 1.29 is 32.5 Å². The Bertz CT molecular complexity index is 841. The summed E-state index contributed by atoms with van der Waals surface area (Å²) in [6.45, 7) is 5.75. The van der Waals surface area contributed by atoms with E-state index in [1.807, 2.05) is 31.2 Å². The summed E-state index contributed by atoms with van der Waals surface area (Å²) >= 11 is 0. The summed E-state index contributed by atoms with van der Waals surface area (Å²) < 4.78 is 29.6. The second kappa shape index (κ2) is 21.5. The van der Waals surface area contributed by atoms with Crippen molar-refractivity contribution in [2.24, 2.45) is 5.92 Å². The number of carbonyl (C=O) groups excluding carboxylic acids is 1. The first kappa shape index (κ1) is 36.8. The van der Waals surface area contributed by atoms with Crippen molar-refractivity contribution in [3.8, 4) is 5.75 Å². The number of ether oxygens (including phenoxy) is 1. The number of Topliss-reactive ketones (excluding diaryl/α,β-unsaturated/α-hetero) is 1. The Hall–Kier alpha value is -1.24. The molecular formula is C32H59NO6P+. The topological polar surface area (TPSA) is 82.1 Å². The lowest BCUT2D eigenvalue weighted by atomic mass is 9.94. The molecule has 1 N–H and O–H groups in total. The van der Waals surface area contributed by atoms with Crippen LogP contribution in [0.15, 0.2) is 24.3 Å². The van der Waals surface area contributed by atoms with Gasteiger partial charge in [-0.05, 0) is 36.5 Å². The van der Waals surface area contributed by atoms with E-state index in [2.05, 4.69) is 28.1 Å². The smallest absolute Gasteiger partial charge is 0.472 e. The van der Waals surface area contributed by atoms with Crippen LogP contribution in [0.5, 0.6) is 5.75 Å². The highest BCUT2D eigenvalue weighted by Gasteiger charge is 2.25. The molecule has 0 radical (unpaired) electrons. The van der Waals surface area contributed by atoms with E-state index in [1.54, 1.807) is 0 Å². The van der Waals surface area contributed by atoms with E-state index < -0.39 is 7.82 Å². The van der Waals surface area contributed by atoms with Gasteiger partial charge < -0.3 is 14.1 Å². The molecule has 0 bridgehead atoms. The predicted octanol–water partition coefficient (Wildman–Crippen LogP) is 8.13. The molecule has 0 saturated heterocycles. The van der Waals surface area contributed by atoms with Crippen LogP contribution in [0.25, 0.3) is 0 Å². The van der Waals surface area contributed by atoms with Gasteiger partial charge in [-0.2, -0.15) is 0 Å². The SMILES string of the molecule is CCCCCCCCCCCCCOc1cccc(CC(COP(=O)(O)OCCC[N+](C)(C)C)CC(=O)CC)c1. The number of unbranched alkanes of at least 4 members (excludes halogenated alkanes) is 10. The van der Waals surface area contributed by atoms with Crippen LogP contribution in [0.2, 0.25) is 0 Å². The number of rotatable bonds is 26. The second-order valence-corrected chi connectivity index (χ2v) is 13.6. The molecule has 0 saturated carbocycles. The van der Waals surface area contributed by atoms with Crippen molar-refractivity contribution in [3.05, 3.63) is 29.8 Å². The number of phosphoric acid groups is 1. The zero-order chi connectivity index (χ0) is 29.7. The zero-order valence-electron chi connectivity index (χ0n) is 26.2. The number of hydrogen-bond donors (Lipinski definition) is 1. The summed E-state index contributed by atoms with van der Waals surface area (Å²) in [4.78, 5) is 22.3. The van der Waals surface area contributed by atoms with Gasteiger partial charge in [0.05, 0.1) is 47.5 Å². The minimum absolute atomic E-state index is 0.0152. The normalized spacial score (nSPS) is 14.2. The molecule has 0 amide bonds. The van der Waals surface area contributed by atoms with Gasteiger partial charge in [-0.1, -0.05) is 90.2 Å². The Morgan fingerprint density at radius 2 is 1.50 bits per heavy atom. The van der Waals surface area contributed by atoms with Crippen LogP contribution >= 0.6 is 7.82 Å². The van der Waals surface area contributed by atoms with E-state index in [4.69, 9.17) is 13.8 Å². The first-order valence-corrected chi connectivity index (χ1v) is 17.2. The minimum atomic E-state index is -4.17. The van der Waals surface area contributed by atoms with E-state index in [-0.39, 0.29) is 24.9 Å². The van der Waals surface area contributed by atoms with E-state index in [0.29, 0.717) is 32.3 Å². The highest BCUT2D eigenvalue weighted by molar-refractivity contribution is 7.47. The average molecular weight is 585 g/mol. The highest BCUT2D eigenvalue weighted by atomic mass is 31.2. The Labute approximate surface area is 245 Å². The fraction of sp³-hybridized carbons (Fsp3) is 0.781. The molecule has 40 heavy (non-hydrogen) atoms. The highest BCUT2D eigenvalue weighted by Crippen LogP contribution is 2.44. The molecule has 0 aromatic heterocycles. The summed E-state index contributed by atoms with van der Waals surface area (Å²) in [5, 5.41) is 0. The first-order chi connectivity index (χ1) is 19.0. The minimum Gasteiger partial charge on any atom is -0.494 e. The molecule has 0 heterocycles. The molecule has 2 atom stereocenters. The Morgan fingerprint density at radius 1 is 0.875 bits per heavy atom.